The molecule has 1 aliphatic heterocycles. The predicted octanol–water partition coefficient (Wildman–Crippen LogP) is 4.27. The van der Waals surface area contributed by atoms with Gasteiger partial charge < -0.3 is 5.32 Å². The first-order valence-electron chi connectivity index (χ1n) is 9.78. The van der Waals surface area contributed by atoms with Crippen LogP contribution in [-0.4, -0.2) is 31.4 Å². The van der Waals surface area contributed by atoms with Gasteiger partial charge >= 0.3 is 0 Å². The molecule has 3 aromatic rings. The van der Waals surface area contributed by atoms with Crippen molar-refractivity contribution in [2.45, 2.75) is 46.2 Å². The molecule has 0 amide bonds. The van der Waals surface area contributed by atoms with Crippen molar-refractivity contribution >= 4 is 11.6 Å². The first kappa shape index (κ1) is 18.5. The number of nitrogens with zero attached hydrogens (tertiary/aromatic N) is 5. The summed E-state index contributed by atoms with van der Waals surface area (Å²) in [6.07, 6.45) is 7.91. The number of nitrogens with one attached hydrogen (secondary N) is 1. The van der Waals surface area contributed by atoms with Crippen LogP contribution in [0.4, 0.5) is 11.6 Å². The molecular formula is C22H26N6. The van der Waals surface area contributed by atoms with Crippen molar-refractivity contribution in [1.82, 2.24) is 24.8 Å². The lowest BCUT2D eigenvalue weighted by Gasteiger charge is -2.25. The van der Waals surface area contributed by atoms with E-state index >= 15 is 0 Å². The van der Waals surface area contributed by atoms with Gasteiger partial charge in [0.2, 0.25) is 0 Å². The van der Waals surface area contributed by atoms with Gasteiger partial charge in [-0.3, -0.25) is 9.88 Å². The zero-order valence-electron chi connectivity index (χ0n) is 16.7. The van der Waals surface area contributed by atoms with Gasteiger partial charge in [0.05, 0.1) is 11.7 Å². The Bertz CT molecular complexity index is 971. The number of hydrogen-bond donors (Lipinski definition) is 1. The van der Waals surface area contributed by atoms with Crippen LogP contribution >= 0.6 is 0 Å². The molecule has 4 heterocycles. The summed E-state index contributed by atoms with van der Waals surface area (Å²) in [7, 11) is 0. The molecule has 6 nitrogen and oxygen atoms in total. The van der Waals surface area contributed by atoms with Crippen molar-refractivity contribution in [3.8, 4) is 0 Å². The Kier molecular flexibility index (Phi) is 5.30. The van der Waals surface area contributed by atoms with E-state index in [1.54, 1.807) is 6.20 Å². The van der Waals surface area contributed by atoms with E-state index in [0.717, 1.165) is 48.2 Å². The number of likely N-dealkylation sites (tertiary alicyclic amines) is 1. The average molecular weight is 374 g/mol. The maximum atomic E-state index is 4.77. The first-order chi connectivity index (χ1) is 13.6. The summed E-state index contributed by atoms with van der Waals surface area (Å²) < 4.78 is 0. The fourth-order valence-electron chi connectivity index (χ4n) is 3.79. The minimum absolute atomic E-state index is 0.298. The number of rotatable bonds is 5. The van der Waals surface area contributed by atoms with Crippen molar-refractivity contribution in [3.63, 3.8) is 0 Å². The van der Waals surface area contributed by atoms with Crippen LogP contribution in [0.3, 0.4) is 0 Å². The van der Waals surface area contributed by atoms with E-state index in [4.69, 9.17) is 4.98 Å². The van der Waals surface area contributed by atoms with Gasteiger partial charge in [0, 0.05) is 31.2 Å². The van der Waals surface area contributed by atoms with Crippen LogP contribution in [0.15, 0.2) is 42.9 Å². The summed E-state index contributed by atoms with van der Waals surface area (Å²) in [4.78, 5) is 20.6. The van der Waals surface area contributed by atoms with Crippen LogP contribution in [0.25, 0.3) is 0 Å². The molecule has 3 aromatic heterocycles. The summed E-state index contributed by atoms with van der Waals surface area (Å²) in [6.45, 7) is 8.11. The summed E-state index contributed by atoms with van der Waals surface area (Å²) in [5.74, 6) is 2.41. The lowest BCUT2D eigenvalue weighted by Crippen LogP contribution is -2.24. The van der Waals surface area contributed by atoms with Gasteiger partial charge in [0.15, 0.2) is 0 Å². The lowest BCUT2D eigenvalue weighted by molar-refractivity contribution is 0.243. The van der Waals surface area contributed by atoms with Gasteiger partial charge in [0.1, 0.15) is 17.5 Å². The molecular weight excluding hydrogens is 348 g/mol. The molecule has 6 heteroatoms. The highest BCUT2D eigenvalue weighted by Crippen LogP contribution is 2.33. The average Bonchev–Trinajstić information content (AvgIpc) is 3.13. The highest BCUT2D eigenvalue weighted by atomic mass is 15.2. The fourth-order valence-corrected chi connectivity index (χ4v) is 3.79. The maximum Gasteiger partial charge on any atom is 0.135 e. The van der Waals surface area contributed by atoms with E-state index in [9.17, 15) is 0 Å². The van der Waals surface area contributed by atoms with Crippen LogP contribution in [0.5, 0.6) is 0 Å². The molecule has 0 radical (unpaired) electrons. The maximum absolute atomic E-state index is 4.77. The van der Waals surface area contributed by atoms with E-state index in [-0.39, 0.29) is 0 Å². The monoisotopic (exact) mass is 374 g/mol. The molecule has 1 aliphatic rings. The Labute approximate surface area is 166 Å². The number of pyridine rings is 2. The Hall–Kier alpha value is -2.86. The van der Waals surface area contributed by atoms with E-state index < -0.39 is 0 Å². The number of anilines is 2. The van der Waals surface area contributed by atoms with Crippen LogP contribution in [-0.2, 0) is 6.54 Å². The molecule has 0 spiro atoms. The quantitative estimate of drug-likeness (QED) is 0.719. The summed E-state index contributed by atoms with van der Waals surface area (Å²) in [5.41, 5.74) is 4.73. The smallest absolute Gasteiger partial charge is 0.135 e. The van der Waals surface area contributed by atoms with Crippen LogP contribution < -0.4 is 5.32 Å². The van der Waals surface area contributed by atoms with E-state index in [2.05, 4.69) is 44.2 Å². The standard InChI is InChI=1S/C22H26N6/c1-15-8-10-23-13-18(15)14-28-11-5-7-20(28)19-12-21(26-17(3)25-19)27-22-16(2)6-4-9-24-22/h4,6,8-10,12-13,20H,5,7,11,14H2,1-3H3,(H,24,25,26,27)/t20-/m0/s1. The molecule has 28 heavy (non-hydrogen) atoms. The largest absolute Gasteiger partial charge is 0.325 e. The Morgan fingerprint density at radius 1 is 1.11 bits per heavy atom. The molecule has 1 N–H and O–H groups in total. The molecule has 1 fully saturated rings. The minimum Gasteiger partial charge on any atom is -0.325 e. The van der Waals surface area contributed by atoms with Gasteiger partial charge in [-0.1, -0.05) is 6.07 Å². The number of aromatic nitrogens is 4. The molecule has 0 bridgehead atoms. The number of hydrogen-bond acceptors (Lipinski definition) is 6. The zero-order chi connectivity index (χ0) is 19.5. The van der Waals surface area contributed by atoms with Crippen LogP contribution in [0, 0.1) is 20.8 Å². The van der Waals surface area contributed by atoms with E-state index in [0.29, 0.717) is 6.04 Å². The highest BCUT2D eigenvalue weighted by Gasteiger charge is 2.28. The summed E-state index contributed by atoms with van der Waals surface area (Å²) in [5, 5.41) is 3.36. The van der Waals surface area contributed by atoms with Crippen molar-refractivity contribution < 1.29 is 0 Å². The SMILES string of the molecule is Cc1nc(Nc2ncccc2C)cc([C@@H]2CCCN2Cc2cnccc2C)n1. The zero-order valence-corrected chi connectivity index (χ0v) is 16.7. The molecule has 1 atom stereocenters. The van der Waals surface area contributed by atoms with Gasteiger partial charge in [-0.2, -0.15) is 0 Å². The fraction of sp³-hybridized carbons (Fsp3) is 0.364. The van der Waals surface area contributed by atoms with Crippen LogP contribution in [0.1, 0.15) is 47.1 Å². The third kappa shape index (κ3) is 4.02. The third-order valence-electron chi connectivity index (χ3n) is 5.34. The summed E-state index contributed by atoms with van der Waals surface area (Å²) >= 11 is 0. The molecule has 1 saturated heterocycles. The molecule has 4 rings (SSSR count). The third-order valence-corrected chi connectivity index (χ3v) is 5.34. The predicted molar refractivity (Wildman–Crippen MR) is 110 cm³/mol. The Morgan fingerprint density at radius 2 is 2.00 bits per heavy atom. The highest BCUT2D eigenvalue weighted by molar-refractivity contribution is 5.55. The van der Waals surface area contributed by atoms with Crippen molar-refractivity contribution in [1.29, 1.82) is 0 Å². The van der Waals surface area contributed by atoms with Crippen molar-refractivity contribution in [2.75, 3.05) is 11.9 Å². The second-order valence-corrected chi connectivity index (χ2v) is 7.45. The Morgan fingerprint density at radius 3 is 2.82 bits per heavy atom. The summed E-state index contributed by atoms with van der Waals surface area (Å²) in [6, 6.07) is 8.42. The molecule has 0 aromatic carbocycles. The molecule has 0 unspecified atom stereocenters. The van der Waals surface area contributed by atoms with Gasteiger partial charge in [-0.15, -0.1) is 0 Å². The normalized spacial score (nSPS) is 17.0. The topological polar surface area (TPSA) is 66.8 Å². The first-order valence-corrected chi connectivity index (χ1v) is 9.78. The molecule has 0 aliphatic carbocycles. The second-order valence-electron chi connectivity index (χ2n) is 7.45. The van der Waals surface area contributed by atoms with Crippen molar-refractivity contribution in [3.05, 3.63) is 71.1 Å². The van der Waals surface area contributed by atoms with Crippen LogP contribution in [0.2, 0.25) is 0 Å². The van der Waals surface area contributed by atoms with Gasteiger partial charge in [-0.05, 0) is 69.0 Å². The lowest BCUT2D eigenvalue weighted by atomic mass is 10.1. The second kappa shape index (κ2) is 8.02. The van der Waals surface area contributed by atoms with Gasteiger partial charge in [-0.25, -0.2) is 15.0 Å². The number of aryl methyl sites for hydroxylation is 3. The Balaban J connectivity index is 1.58. The van der Waals surface area contributed by atoms with Crippen molar-refractivity contribution in [2.24, 2.45) is 0 Å². The molecule has 0 saturated carbocycles. The molecule has 144 valence electrons. The minimum atomic E-state index is 0.298. The van der Waals surface area contributed by atoms with E-state index in [1.807, 2.05) is 38.4 Å². The van der Waals surface area contributed by atoms with Gasteiger partial charge in [0.25, 0.3) is 0 Å². The van der Waals surface area contributed by atoms with E-state index in [1.165, 1.54) is 17.5 Å².